The van der Waals surface area contributed by atoms with Crippen molar-refractivity contribution in [3.8, 4) is 11.8 Å². The highest BCUT2D eigenvalue weighted by atomic mass is 16.5. The van der Waals surface area contributed by atoms with Crippen LogP contribution in [0.15, 0.2) is 30.6 Å². The molecular weight excluding hydrogens is 252 g/mol. The Labute approximate surface area is 119 Å². The molecule has 0 aliphatic carbocycles. The lowest BCUT2D eigenvalue weighted by Gasteiger charge is -2.17. The number of hydrogen-bond donors (Lipinski definition) is 0. The van der Waals surface area contributed by atoms with E-state index in [9.17, 15) is 0 Å². The van der Waals surface area contributed by atoms with Gasteiger partial charge in [-0.15, -0.1) is 0 Å². The van der Waals surface area contributed by atoms with E-state index >= 15 is 0 Å². The van der Waals surface area contributed by atoms with Crippen LogP contribution in [0.5, 0.6) is 5.75 Å². The fourth-order valence-corrected chi connectivity index (χ4v) is 2.18. The predicted octanol–water partition coefficient (Wildman–Crippen LogP) is 1.93. The number of rotatable bonds is 5. The summed E-state index contributed by atoms with van der Waals surface area (Å²) in [5.74, 6) is 0.807. The molecule has 0 aliphatic heterocycles. The minimum Gasteiger partial charge on any atom is -0.496 e. The van der Waals surface area contributed by atoms with Crippen molar-refractivity contribution in [1.82, 2.24) is 14.7 Å². The molecule has 0 amide bonds. The number of ether oxygens (including phenoxy) is 1. The summed E-state index contributed by atoms with van der Waals surface area (Å²) in [5.41, 5.74) is 2.82. The number of methoxy groups -OCH3 is 1. The third kappa shape index (κ3) is 3.37. The van der Waals surface area contributed by atoms with E-state index in [1.165, 1.54) is 0 Å². The Balaban J connectivity index is 2.10. The molecule has 0 atom stereocenters. The van der Waals surface area contributed by atoms with Gasteiger partial charge in [-0.05, 0) is 25.2 Å². The van der Waals surface area contributed by atoms with Crippen molar-refractivity contribution >= 4 is 0 Å². The van der Waals surface area contributed by atoms with Gasteiger partial charge >= 0.3 is 0 Å². The van der Waals surface area contributed by atoms with Gasteiger partial charge in [0, 0.05) is 37.5 Å². The van der Waals surface area contributed by atoms with Crippen LogP contribution < -0.4 is 4.74 Å². The van der Waals surface area contributed by atoms with Gasteiger partial charge in [-0.3, -0.25) is 9.58 Å². The monoisotopic (exact) mass is 270 g/mol. The average molecular weight is 270 g/mol. The van der Waals surface area contributed by atoms with E-state index in [4.69, 9.17) is 10.00 Å². The van der Waals surface area contributed by atoms with Crippen LogP contribution >= 0.6 is 0 Å². The zero-order valence-electron chi connectivity index (χ0n) is 12.0. The highest BCUT2D eigenvalue weighted by Crippen LogP contribution is 2.21. The van der Waals surface area contributed by atoms with Crippen LogP contribution in [0.4, 0.5) is 0 Å². The van der Waals surface area contributed by atoms with Crippen molar-refractivity contribution in [3.05, 3.63) is 47.3 Å². The topological polar surface area (TPSA) is 54.1 Å². The first kappa shape index (κ1) is 14.1. The molecule has 2 rings (SSSR count). The van der Waals surface area contributed by atoms with Gasteiger partial charge in [0.15, 0.2) is 0 Å². The van der Waals surface area contributed by atoms with Gasteiger partial charge in [-0.2, -0.15) is 10.4 Å². The normalized spacial score (nSPS) is 10.6. The Morgan fingerprint density at radius 3 is 2.80 bits per heavy atom. The quantitative estimate of drug-likeness (QED) is 0.833. The van der Waals surface area contributed by atoms with Crippen LogP contribution in [0.2, 0.25) is 0 Å². The minimum atomic E-state index is 0.649. The third-order valence-electron chi connectivity index (χ3n) is 3.06. The van der Waals surface area contributed by atoms with E-state index < -0.39 is 0 Å². The molecule has 0 saturated carbocycles. The molecule has 0 aliphatic rings. The lowest BCUT2D eigenvalue weighted by molar-refractivity contribution is 0.310. The zero-order chi connectivity index (χ0) is 14.5. The van der Waals surface area contributed by atoms with Crippen molar-refractivity contribution in [2.75, 3.05) is 14.2 Å². The summed E-state index contributed by atoms with van der Waals surface area (Å²) in [4.78, 5) is 2.16. The second-order valence-electron chi connectivity index (χ2n) is 4.83. The van der Waals surface area contributed by atoms with Crippen LogP contribution in [0.3, 0.4) is 0 Å². The van der Waals surface area contributed by atoms with Crippen molar-refractivity contribution < 1.29 is 4.74 Å². The van der Waals surface area contributed by atoms with Crippen molar-refractivity contribution in [2.24, 2.45) is 7.05 Å². The summed E-state index contributed by atoms with van der Waals surface area (Å²) in [6.45, 7) is 1.52. The number of aryl methyl sites for hydroxylation is 1. The van der Waals surface area contributed by atoms with E-state index in [-0.39, 0.29) is 0 Å². The Kier molecular flexibility index (Phi) is 4.38. The molecule has 2 aromatic rings. The minimum absolute atomic E-state index is 0.649. The van der Waals surface area contributed by atoms with Crippen molar-refractivity contribution in [3.63, 3.8) is 0 Å². The second-order valence-corrected chi connectivity index (χ2v) is 4.83. The molecular formula is C15H18N4O. The van der Waals surface area contributed by atoms with E-state index in [0.717, 1.165) is 23.4 Å². The lowest BCUT2D eigenvalue weighted by Crippen LogP contribution is -2.17. The molecule has 20 heavy (non-hydrogen) atoms. The highest BCUT2D eigenvalue weighted by molar-refractivity contribution is 5.42. The molecule has 104 valence electrons. The van der Waals surface area contributed by atoms with E-state index in [0.29, 0.717) is 12.1 Å². The molecule has 0 radical (unpaired) electrons. The maximum absolute atomic E-state index is 8.98. The van der Waals surface area contributed by atoms with Gasteiger partial charge in [0.05, 0.1) is 24.9 Å². The van der Waals surface area contributed by atoms with Crippen LogP contribution in [0, 0.1) is 11.3 Å². The molecule has 0 N–H and O–H groups in total. The lowest BCUT2D eigenvalue weighted by atomic mass is 10.1. The summed E-state index contributed by atoms with van der Waals surface area (Å²) in [5, 5.41) is 13.1. The predicted molar refractivity (Wildman–Crippen MR) is 76.1 cm³/mol. The fourth-order valence-electron chi connectivity index (χ4n) is 2.18. The van der Waals surface area contributed by atoms with Crippen LogP contribution in [0.25, 0.3) is 0 Å². The number of benzene rings is 1. The Bertz CT molecular complexity index is 627. The molecule has 0 fully saturated rings. The van der Waals surface area contributed by atoms with Crippen LogP contribution in [-0.4, -0.2) is 28.8 Å². The van der Waals surface area contributed by atoms with Gasteiger partial charge in [0.2, 0.25) is 0 Å². The van der Waals surface area contributed by atoms with E-state index in [1.54, 1.807) is 17.9 Å². The first-order valence-electron chi connectivity index (χ1n) is 6.35. The molecule has 1 aromatic heterocycles. The van der Waals surface area contributed by atoms with Crippen LogP contribution in [0.1, 0.15) is 16.7 Å². The Hall–Kier alpha value is -2.32. The SMILES string of the molecule is COc1ccc(C#N)cc1CN(C)Cc1cnn(C)c1. The summed E-state index contributed by atoms with van der Waals surface area (Å²) < 4.78 is 7.14. The summed E-state index contributed by atoms with van der Waals surface area (Å²) in [6.07, 6.45) is 3.86. The fraction of sp³-hybridized carbons (Fsp3) is 0.333. The molecule has 1 aromatic carbocycles. The maximum atomic E-state index is 8.98. The second kappa shape index (κ2) is 6.22. The highest BCUT2D eigenvalue weighted by Gasteiger charge is 2.09. The number of nitrogens with zero attached hydrogens (tertiary/aromatic N) is 4. The summed E-state index contributed by atoms with van der Waals surface area (Å²) in [7, 11) is 5.58. The first-order valence-corrected chi connectivity index (χ1v) is 6.35. The van der Waals surface area contributed by atoms with Gasteiger partial charge in [-0.25, -0.2) is 0 Å². The average Bonchev–Trinajstić information content (AvgIpc) is 2.83. The molecule has 0 bridgehead atoms. The molecule has 0 spiro atoms. The number of nitriles is 1. The van der Waals surface area contributed by atoms with Crippen molar-refractivity contribution in [1.29, 1.82) is 5.26 Å². The molecule has 5 heteroatoms. The summed E-state index contributed by atoms with van der Waals surface area (Å²) >= 11 is 0. The van der Waals surface area contributed by atoms with Gasteiger partial charge < -0.3 is 4.74 Å². The standard InChI is InChI=1S/C15H18N4O/c1-18(9-13-8-17-19(2)10-13)11-14-6-12(7-16)4-5-15(14)20-3/h4-6,8,10H,9,11H2,1-3H3. The molecule has 0 saturated heterocycles. The molecule has 0 unspecified atom stereocenters. The van der Waals surface area contributed by atoms with Gasteiger partial charge in [0.25, 0.3) is 0 Å². The molecule has 5 nitrogen and oxygen atoms in total. The Morgan fingerprint density at radius 2 is 2.20 bits per heavy atom. The number of aromatic nitrogens is 2. The van der Waals surface area contributed by atoms with E-state index in [2.05, 4.69) is 16.1 Å². The zero-order valence-corrected chi connectivity index (χ0v) is 12.0. The third-order valence-corrected chi connectivity index (χ3v) is 3.06. The molecule has 1 heterocycles. The van der Waals surface area contributed by atoms with Crippen molar-refractivity contribution in [2.45, 2.75) is 13.1 Å². The maximum Gasteiger partial charge on any atom is 0.123 e. The van der Waals surface area contributed by atoms with Gasteiger partial charge in [0.1, 0.15) is 5.75 Å². The largest absolute Gasteiger partial charge is 0.496 e. The van der Waals surface area contributed by atoms with Gasteiger partial charge in [-0.1, -0.05) is 0 Å². The Morgan fingerprint density at radius 1 is 1.40 bits per heavy atom. The smallest absolute Gasteiger partial charge is 0.123 e. The first-order chi connectivity index (χ1) is 9.62. The number of hydrogen-bond acceptors (Lipinski definition) is 4. The van der Waals surface area contributed by atoms with E-state index in [1.807, 2.05) is 38.6 Å². The van der Waals surface area contributed by atoms with Crippen LogP contribution in [-0.2, 0) is 20.1 Å². The summed E-state index contributed by atoms with van der Waals surface area (Å²) in [6, 6.07) is 7.64.